The van der Waals surface area contributed by atoms with E-state index >= 15 is 0 Å². The van der Waals surface area contributed by atoms with E-state index in [-0.39, 0.29) is 17.9 Å². The van der Waals surface area contributed by atoms with Crippen molar-refractivity contribution < 1.29 is 19.0 Å². The minimum atomic E-state index is -0.258. The fraction of sp³-hybridized carbons (Fsp3) is 0.286. The summed E-state index contributed by atoms with van der Waals surface area (Å²) in [6.07, 6.45) is 0.765. The zero-order chi connectivity index (χ0) is 19.9. The summed E-state index contributed by atoms with van der Waals surface area (Å²) in [5.74, 6) is 1.12. The summed E-state index contributed by atoms with van der Waals surface area (Å²) in [5, 5.41) is 0.519. The molecule has 0 saturated heterocycles. The summed E-state index contributed by atoms with van der Waals surface area (Å²) in [4.78, 5) is 31.3. The first-order valence-electron chi connectivity index (χ1n) is 9.09. The van der Waals surface area contributed by atoms with Gasteiger partial charge < -0.3 is 19.2 Å². The van der Waals surface area contributed by atoms with Crippen molar-refractivity contribution in [1.29, 1.82) is 0 Å². The zero-order valence-electron chi connectivity index (χ0n) is 15.9. The van der Waals surface area contributed by atoms with E-state index in [0.717, 1.165) is 0 Å². The van der Waals surface area contributed by atoms with Crippen molar-refractivity contribution in [3.8, 4) is 22.9 Å². The van der Waals surface area contributed by atoms with Crippen molar-refractivity contribution in [3.63, 3.8) is 0 Å². The number of carbonyl (C=O) groups excluding carboxylic acids is 1. The van der Waals surface area contributed by atoms with E-state index in [9.17, 15) is 9.59 Å². The lowest BCUT2D eigenvalue weighted by Crippen LogP contribution is -2.11. The van der Waals surface area contributed by atoms with Gasteiger partial charge in [0.15, 0.2) is 11.5 Å². The molecule has 3 rings (SSSR count). The number of benzene rings is 2. The van der Waals surface area contributed by atoms with Crippen LogP contribution in [0.5, 0.6) is 11.5 Å². The summed E-state index contributed by atoms with van der Waals surface area (Å²) in [6.45, 7) is 2.42. The first-order chi connectivity index (χ1) is 13.6. The number of nitrogens with zero attached hydrogens (tertiary/aromatic N) is 1. The number of hydrogen-bond donors (Lipinski definition) is 1. The maximum Gasteiger partial charge on any atom is 0.305 e. The average molecular weight is 382 g/mol. The van der Waals surface area contributed by atoms with Crippen molar-refractivity contribution in [3.05, 3.63) is 52.8 Å². The summed E-state index contributed by atoms with van der Waals surface area (Å²) in [5.41, 5.74) is 0.979. The molecule has 0 aliphatic rings. The van der Waals surface area contributed by atoms with Crippen LogP contribution in [0.2, 0.25) is 0 Å². The molecule has 0 fully saturated rings. The van der Waals surface area contributed by atoms with Gasteiger partial charge in [0.1, 0.15) is 5.82 Å². The second-order valence-corrected chi connectivity index (χ2v) is 6.03. The Balaban J connectivity index is 1.89. The first-order valence-corrected chi connectivity index (χ1v) is 9.09. The number of carbonyl (C=O) groups is 1. The van der Waals surface area contributed by atoms with E-state index in [1.165, 1.54) is 0 Å². The number of rotatable bonds is 8. The molecule has 7 heteroatoms. The van der Waals surface area contributed by atoms with E-state index in [4.69, 9.17) is 14.2 Å². The smallest absolute Gasteiger partial charge is 0.305 e. The molecule has 0 unspecified atom stereocenters. The molecule has 2 aromatic carbocycles. The predicted molar refractivity (Wildman–Crippen MR) is 106 cm³/mol. The molecule has 146 valence electrons. The zero-order valence-corrected chi connectivity index (χ0v) is 15.9. The molecule has 1 N–H and O–H groups in total. The maximum absolute atomic E-state index is 12.4. The quantitative estimate of drug-likeness (QED) is 0.475. The number of nitrogens with one attached hydrogen (secondary N) is 1. The summed E-state index contributed by atoms with van der Waals surface area (Å²) < 4.78 is 16.2. The third-order valence-electron chi connectivity index (χ3n) is 4.14. The Morgan fingerprint density at radius 2 is 1.96 bits per heavy atom. The minimum Gasteiger partial charge on any atom is -0.493 e. The van der Waals surface area contributed by atoms with Crippen LogP contribution in [0, 0.1) is 0 Å². The van der Waals surface area contributed by atoms with Crippen LogP contribution in [0.3, 0.4) is 0 Å². The molecule has 28 heavy (non-hydrogen) atoms. The van der Waals surface area contributed by atoms with Crippen molar-refractivity contribution in [2.75, 3.05) is 20.3 Å². The number of aromatic nitrogens is 2. The lowest BCUT2D eigenvalue weighted by atomic mass is 10.1. The minimum absolute atomic E-state index is 0.225. The number of esters is 1. The number of para-hydroxylation sites is 2. The topological polar surface area (TPSA) is 90.5 Å². The van der Waals surface area contributed by atoms with Crippen molar-refractivity contribution in [2.45, 2.75) is 19.8 Å². The molecule has 0 atom stereocenters. The molecule has 0 bridgehead atoms. The SMILES string of the molecule is CCOC(=O)CCCOc1c(OC)cccc1-c1nc2ccccc2c(=O)[nH]1. The molecule has 0 amide bonds. The van der Waals surface area contributed by atoms with Gasteiger partial charge in [-0.25, -0.2) is 4.98 Å². The number of hydrogen-bond acceptors (Lipinski definition) is 6. The Hall–Kier alpha value is -3.35. The van der Waals surface area contributed by atoms with Crippen LogP contribution in [0.1, 0.15) is 19.8 Å². The standard InChI is InChI=1S/C21H22N2O5/c1-3-27-18(24)12-7-13-28-19-15(9-6-11-17(19)26-2)20-22-16-10-5-4-8-14(16)21(25)23-20/h4-6,8-11H,3,7,12-13H2,1-2H3,(H,22,23,25). The van der Waals surface area contributed by atoms with Gasteiger partial charge in [0, 0.05) is 6.42 Å². The van der Waals surface area contributed by atoms with Crippen LogP contribution in [0.25, 0.3) is 22.3 Å². The highest BCUT2D eigenvalue weighted by atomic mass is 16.5. The van der Waals surface area contributed by atoms with Crippen LogP contribution in [0.15, 0.2) is 47.3 Å². The fourth-order valence-corrected chi connectivity index (χ4v) is 2.85. The normalized spacial score (nSPS) is 10.6. The highest BCUT2D eigenvalue weighted by molar-refractivity contribution is 5.80. The molecular formula is C21H22N2O5. The van der Waals surface area contributed by atoms with E-state index < -0.39 is 0 Å². The Morgan fingerprint density at radius 3 is 2.75 bits per heavy atom. The molecule has 0 aliphatic carbocycles. The Labute approximate surface area is 162 Å². The molecule has 7 nitrogen and oxygen atoms in total. The van der Waals surface area contributed by atoms with Crippen LogP contribution in [0.4, 0.5) is 0 Å². The van der Waals surface area contributed by atoms with E-state index in [0.29, 0.717) is 53.4 Å². The van der Waals surface area contributed by atoms with E-state index in [1.807, 2.05) is 6.07 Å². The van der Waals surface area contributed by atoms with Crippen molar-refractivity contribution >= 4 is 16.9 Å². The van der Waals surface area contributed by atoms with E-state index in [1.54, 1.807) is 50.4 Å². The second-order valence-electron chi connectivity index (χ2n) is 6.03. The lowest BCUT2D eigenvalue weighted by Gasteiger charge is -2.15. The van der Waals surface area contributed by atoms with Crippen LogP contribution in [-0.4, -0.2) is 36.3 Å². The molecular weight excluding hydrogens is 360 g/mol. The number of fused-ring (bicyclic) bond motifs is 1. The van der Waals surface area contributed by atoms with Crippen molar-refractivity contribution in [2.24, 2.45) is 0 Å². The third-order valence-corrected chi connectivity index (χ3v) is 4.14. The number of ether oxygens (including phenoxy) is 3. The largest absolute Gasteiger partial charge is 0.493 e. The van der Waals surface area contributed by atoms with Gasteiger partial charge in [0.25, 0.3) is 5.56 Å². The maximum atomic E-state index is 12.4. The molecule has 0 saturated carbocycles. The van der Waals surface area contributed by atoms with Gasteiger partial charge in [0.2, 0.25) is 0 Å². The monoisotopic (exact) mass is 382 g/mol. The summed E-state index contributed by atoms with van der Waals surface area (Å²) in [6, 6.07) is 12.5. The summed E-state index contributed by atoms with van der Waals surface area (Å²) >= 11 is 0. The van der Waals surface area contributed by atoms with Crippen LogP contribution >= 0.6 is 0 Å². The predicted octanol–water partition coefficient (Wildman–Crippen LogP) is 3.32. The average Bonchev–Trinajstić information content (AvgIpc) is 2.71. The number of aromatic amines is 1. The second kappa shape index (κ2) is 9.03. The molecule has 3 aromatic rings. The summed E-state index contributed by atoms with van der Waals surface area (Å²) in [7, 11) is 1.54. The lowest BCUT2D eigenvalue weighted by molar-refractivity contribution is -0.143. The highest BCUT2D eigenvalue weighted by Gasteiger charge is 2.16. The Morgan fingerprint density at radius 1 is 1.14 bits per heavy atom. The van der Waals surface area contributed by atoms with Gasteiger partial charge in [-0.1, -0.05) is 18.2 Å². The van der Waals surface area contributed by atoms with Gasteiger partial charge in [-0.3, -0.25) is 9.59 Å². The Kier molecular flexibility index (Phi) is 6.26. The molecule has 1 aromatic heterocycles. The molecule has 1 heterocycles. The fourth-order valence-electron chi connectivity index (χ4n) is 2.85. The van der Waals surface area contributed by atoms with Gasteiger partial charge in [-0.05, 0) is 37.6 Å². The van der Waals surface area contributed by atoms with Gasteiger partial charge in [-0.15, -0.1) is 0 Å². The van der Waals surface area contributed by atoms with Crippen LogP contribution < -0.4 is 15.0 Å². The van der Waals surface area contributed by atoms with E-state index in [2.05, 4.69) is 9.97 Å². The van der Waals surface area contributed by atoms with Gasteiger partial charge in [-0.2, -0.15) is 0 Å². The Bertz CT molecular complexity index is 1030. The molecule has 0 aliphatic heterocycles. The number of methoxy groups -OCH3 is 1. The third kappa shape index (κ3) is 4.31. The van der Waals surface area contributed by atoms with Gasteiger partial charge in [0.05, 0.1) is 36.8 Å². The van der Waals surface area contributed by atoms with Crippen molar-refractivity contribution in [1.82, 2.24) is 9.97 Å². The number of H-pyrrole nitrogens is 1. The molecule has 0 spiro atoms. The molecule has 0 radical (unpaired) electrons. The van der Waals surface area contributed by atoms with Crippen LogP contribution in [-0.2, 0) is 9.53 Å². The first kappa shape index (κ1) is 19.4. The van der Waals surface area contributed by atoms with Gasteiger partial charge >= 0.3 is 5.97 Å². The highest BCUT2D eigenvalue weighted by Crippen LogP contribution is 2.36.